The maximum atomic E-state index is 13.8. The maximum absolute atomic E-state index is 13.8. The summed E-state index contributed by atoms with van der Waals surface area (Å²) < 4.78 is 13.8. The van der Waals surface area contributed by atoms with Crippen LogP contribution in [-0.4, -0.2) is 35.7 Å². The third-order valence-corrected chi connectivity index (χ3v) is 4.40. The number of nitrogens with one attached hydrogen (secondary N) is 1. The van der Waals surface area contributed by atoms with Crippen LogP contribution in [0.4, 0.5) is 10.2 Å². The molecule has 1 fully saturated rings. The fourth-order valence-electron chi connectivity index (χ4n) is 2.96. The number of amides is 1. The summed E-state index contributed by atoms with van der Waals surface area (Å²) in [5.41, 5.74) is -0.428. The molecule has 0 saturated carbocycles. The van der Waals surface area contributed by atoms with Crippen LogP contribution in [0.25, 0.3) is 0 Å². The summed E-state index contributed by atoms with van der Waals surface area (Å²) in [6.07, 6.45) is 9.87. The predicted molar refractivity (Wildman–Crippen MR) is 87.8 cm³/mol. The topological polar surface area (TPSA) is 70.0 Å². The van der Waals surface area contributed by atoms with Crippen LogP contribution >= 0.6 is 0 Å². The molecule has 0 spiro atoms. The van der Waals surface area contributed by atoms with Crippen LogP contribution in [0, 0.1) is 18.2 Å². The predicted octanol–water partition coefficient (Wildman–Crippen LogP) is 2.27. The van der Waals surface area contributed by atoms with Crippen LogP contribution in [0.15, 0.2) is 28.6 Å². The highest BCUT2D eigenvalue weighted by Crippen LogP contribution is 2.37. The molecule has 3 heterocycles. The van der Waals surface area contributed by atoms with Crippen LogP contribution in [0.3, 0.4) is 0 Å². The summed E-state index contributed by atoms with van der Waals surface area (Å²) in [5.74, 6) is 2.55. The summed E-state index contributed by atoms with van der Waals surface area (Å²) in [6.45, 7) is 1.24. The number of carbonyl (C=O) groups is 1. The lowest BCUT2D eigenvalue weighted by Crippen LogP contribution is -2.37. The van der Waals surface area contributed by atoms with E-state index in [9.17, 15) is 9.18 Å². The first-order valence-electron chi connectivity index (χ1n) is 8.14. The van der Waals surface area contributed by atoms with Crippen LogP contribution in [-0.2, 0) is 4.79 Å². The first-order chi connectivity index (χ1) is 11.6. The molecule has 2 aliphatic rings. The first kappa shape index (κ1) is 16.4. The monoisotopic (exact) mass is 329 g/mol. The molecule has 1 unspecified atom stereocenters. The smallest absolute Gasteiger partial charge is 0.220 e. The third-order valence-electron chi connectivity index (χ3n) is 4.40. The number of aromatic nitrogens is 1. The van der Waals surface area contributed by atoms with Crippen molar-refractivity contribution in [1.82, 2.24) is 10.3 Å². The number of anilines is 1. The molecule has 2 aliphatic heterocycles. The standard InChI is InChI=1S/C17H20FN5O/c1-2-3-8-17(21-22-17)9-6-15(24)20-13-7-11-23(12-13)16-14(18)5-4-10-19-16/h1,4-5,10,13H,3,6-9,11-12H2,(H,20,24). The molecule has 0 aliphatic carbocycles. The van der Waals surface area contributed by atoms with E-state index < -0.39 is 5.66 Å². The van der Waals surface area contributed by atoms with Crippen LogP contribution in [0.1, 0.15) is 32.1 Å². The molecule has 0 bridgehead atoms. The zero-order chi connectivity index (χ0) is 17.0. The second-order valence-corrected chi connectivity index (χ2v) is 6.19. The number of rotatable bonds is 7. The van der Waals surface area contributed by atoms with Gasteiger partial charge in [-0.05, 0) is 18.6 Å². The summed E-state index contributed by atoms with van der Waals surface area (Å²) in [7, 11) is 0. The van der Waals surface area contributed by atoms with Crippen molar-refractivity contribution < 1.29 is 9.18 Å². The second kappa shape index (κ2) is 6.95. The average molecular weight is 329 g/mol. The van der Waals surface area contributed by atoms with Gasteiger partial charge in [0.25, 0.3) is 0 Å². The van der Waals surface area contributed by atoms with Crippen LogP contribution in [0.2, 0.25) is 0 Å². The molecule has 1 aromatic heterocycles. The molecule has 0 radical (unpaired) electrons. The fraction of sp³-hybridized carbons (Fsp3) is 0.529. The zero-order valence-corrected chi connectivity index (χ0v) is 13.4. The van der Waals surface area contributed by atoms with Crippen molar-refractivity contribution in [1.29, 1.82) is 0 Å². The van der Waals surface area contributed by atoms with E-state index >= 15 is 0 Å². The van der Waals surface area contributed by atoms with Crippen molar-refractivity contribution in [3.63, 3.8) is 0 Å². The summed E-state index contributed by atoms with van der Waals surface area (Å²) >= 11 is 0. The van der Waals surface area contributed by atoms with E-state index in [1.165, 1.54) is 6.07 Å². The number of nitrogens with zero attached hydrogens (tertiary/aromatic N) is 4. The summed E-state index contributed by atoms with van der Waals surface area (Å²) in [4.78, 5) is 18.1. The van der Waals surface area contributed by atoms with Gasteiger partial charge in [0.1, 0.15) is 0 Å². The first-order valence-corrected chi connectivity index (χ1v) is 8.14. The normalized spacial score (nSPS) is 20.7. The molecule has 1 saturated heterocycles. The van der Waals surface area contributed by atoms with Gasteiger partial charge in [-0.3, -0.25) is 4.79 Å². The van der Waals surface area contributed by atoms with Crippen molar-refractivity contribution in [2.75, 3.05) is 18.0 Å². The van der Waals surface area contributed by atoms with Gasteiger partial charge in [0.15, 0.2) is 17.3 Å². The Bertz CT molecular complexity index is 678. The Labute approximate surface area is 140 Å². The van der Waals surface area contributed by atoms with Gasteiger partial charge < -0.3 is 10.2 Å². The largest absolute Gasteiger partial charge is 0.352 e. The van der Waals surface area contributed by atoms with Gasteiger partial charge in [0.05, 0.1) is 0 Å². The van der Waals surface area contributed by atoms with E-state index in [0.717, 1.165) is 6.42 Å². The Balaban J connectivity index is 1.43. The molecule has 7 heteroatoms. The summed E-state index contributed by atoms with van der Waals surface area (Å²) in [5, 5.41) is 11.1. The Hall–Kier alpha value is -2.49. The number of hydrogen-bond acceptors (Lipinski definition) is 5. The molecule has 3 rings (SSSR count). The number of terminal acetylenes is 1. The van der Waals surface area contributed by atoms with Crippen molar-refractivity contribution in [3.05, 3.63) is 24.1 Å². The van der Waals surface area contributed by atoms with Gasteiger partial charge in [0, 0.05) is 51.0 Å². The van der Waals surface area contributed by atoms with Gasteiger partial charge in [-0.15, -0.1) is 12.3 Å². The zero-order valence-electron chi connectivity index (χ0n) is 13.4. The molecule has 24 heavy (non-hydrogen) atoms. The van der Waals surface area contributed by atoms with E-state index in [-0.39, 0.29) is 17.8 Å². The van der Waals surface area contributed by atoms with Gasteiger partial charge >= 0.3 is 0 Å². The van der Waals surface area contributed by atoms with Gasteiger partial charge in [-0.25, -0.2) is 9.37 Å². The van der Waals surface area contributed by atoms with Gasteiger partial charge in [0.2, 0.25) is 5.91 Å². The Morgan fingerprint density at radius 2 is 2.33 bits per heavy atom. The van der Waals surface area contributed by atoms with Crippen molar-refractivity contribution in [2.45, 2.75) is 43.8 Å². The van der Waals surface area contributed by atoms with Gasteiger partial charge in [-0.1, -0.05) is 0 Å². The van der Waals surface area contributed by atoms with Crippen LogP contribution < -0.4 is 10.2 Å². The molecular weight excluding hydrogens is 309 g/mol. The molecule has 1 aromatic rings. The number of halogens is 1. The average Bonchev–Trinajstić information content (AvgIpc) is 3.21. The number of pyridine rings is 1. The third kappa shape index (κ3) is 3.88. The fourth-order valence-corrected chi connectivity index (χ4v) is 2.96. The summed E-state index contributed by atoms with van der Waals surface area (Å²) in [6, 6.07) is 2.97. The molecule has 0 aromatic carbocycles. The molecule has 6 nitrogen and oxygen atoms in total. The van der Waals surface area contributed by atoms with E-state index in [1.807, 2.05) is 4.90 Å². The highest BCUT2D eigenvalue weighted by Gasteiger charge is 2.39. The van der Waals surface area contributed by atoms with Crippen LogP contribution in [0.5, 0.6) is 0 Å². The second-order valence-electron chi connectivity index (χ2n) is 6.19. The maximum Gasteiger partial charge on any atom is 0.220 e. The number of carbonyl (C=O) groups excluding carboxylic acids is 1. The number of hydrogen-bond donors (Lipinski definition) is 1. The minimum Gasteiger partial charge on any atom is -0.352 e. The molecular formula is C17H20FN5O. The molecule has 1 amide bonds. The van der Waals surface area contributed by atoms with E-state index in [1.54, 1.807) is 12.3 Å². The minimum atomic E-state index is -0.428. The lowest BCUT2D eigenvalue weighted by molar-refractivity contribution is -0.121. The molecule has 1 N–H and O–H groups in total. The molecule has 126 valence electrons. The van der Waals surface area contributed by atoms with E-state index in [0.29, 0.717) is 44.6 Å². The van der Waals surface area contributed by atoms with E-state index in [4.69, 9.17) is 6.42 Å². The Morgan fingerprint density at radius 1 is 1.50 bits per heavy atom. The molecule has 1 atom stereocenters. The van der Waals surface area contributed by atoms with Crippen molar-refractivity contribution >= 4 is 11.7 Å². The van der Waals surface area contributed by atoms with Crippen molar-refractivity contribution in [2.24, 2.45) is 10.2 Å². The van der Waals surface area contributed by atoms with Gasteiger partial charge in [-0.2, -0.15) is 10.2 Å². The Kier molecular flexibility index (Phi) is 4.74. The Morgan fingerprint density at radius 3 is 3.04 bits per heavy atom. The van der Waals surface area contributed by atoms with E-state index in [2.05, 4.69) is 26.4 Å². The quantitative estimate of drug-likeness (QED) is 0.780. The lowest BCUT2D eigenvalue weighted by Gasteiger charge is -2.18. The van der Waals surface area contributed by atoms with Crippen molar-refractivity contribution in [3.8, 4) is 12.3 Å². The highest BCUT2D eigenvalue weighted by molar-refractivity contribution is 5.76. The SMILES string of the molecule is C#CCCC1(CCC(=O)NC2CCN(c3ncccc3F)C2)N=N1. The highest BCUT2D eigenvalue weighted by atomic mass is 19.1. The minimum absolute atomic E-state index is 0.00800. The lowest BCUT2D eigenvalue weighted by atomic mass is 10.0.